The molecule has 1 aliphatic rings. The molecule has 1 amide bonds. The highest BCUT2D eigenvalue weighted by Gasteiger charge is 2.28. The third-order valence-electron chi connectivity index (χ3n) is 3.78. The minimum atomic E-state index is -0.470. The minimum Gasteiger partial charge on any atom is -0.382 e. The molecule has 1 heterocycles. The van der Waals surface area contributed by atoms with Crippen LogP contribution in [0.4, 0.5) is 11.4 Å². The third kappa shape index (κ3) is 2.59. The molecule has 1 fully saturated rings. The minimum absolute atomic E-state index is 0.0667. The molecule has 0 radical (unpaired) electrons. The van der Waals surface area contributed by atoms with Crippen LogP contribution in [0.15, 0.2) is 18.2 Å². The largest absolute Gasteiger partial charge is 0.382 e. The van der Waals surface area contributed by atoms with Crippen LogP contribution in [0.1, 0.15) is 36.5 Å². The molecule has 0 aliphatic carbocycles. The van der Waals surface area contributed by atoms with E-state index in [9.17, 15) is 14.9 Å². The first-order chi connectivity index (χ1) is 9.56. The molecule has 1 unspecified atom stereocenters. The summed E-state index contributed by atoms with van der Waals surface area (Å²) in [7, 11) is 1.60. The lowest BCUT2D eigenvalue weighted by Gasteiger charge is -2.33. The van der Waals surface area contributed by atoms with Crippen LogP contribution in [0.2, 0.25) is 0 Å². The van der Waals surface area contributed by atoms with Gasteiger partial charge in [0.1, 0.15) is 5.69 Å². The average Bonchev–Trinajstić information content (AvgIpc) is 2.46. The van der Waals surface area contributed by atoms with Gasteiger partial charge in [-0.3, -0.25) is 14.9 Å². The molecule has 6 heteroatoms. The Morgan fingerprint density at radius 2 is 2.20 bits per heavy atom. The molecule has 1 saturated heterocycles. The fourth-order valence-electron chi connectivity index (χ4n) is 2.69. The maximum Gasteiger partial charge on any atom is 0.293 e. The Balaban J connectivity index is 2.39. The molecule has 1 aromatic rings. The van der Waals surface area contributed by atoms with Crippen LogP contribution in [0.5, 0.6) is 0 Å². The van der Waals surface area contributed by atoms with Crippen LogP contribution in [0.25, 0.3) is 0 Å². The lowest BCUT2D eigenvalue weighted by atomic mass is 10.0. The number of nitro groups is 1. The van der Waals surface area contributed by atoms with E-state index in [0.29, 0.717) is 17.8 Å². The monoisotopic (exact) mass is 277 g/mol. The summed E-state index contributed by atoms with van der Waals surface area (Å²) in [5.74, 6) is -0.134. The average molecular weight is 277 g/mol. The Hall–Kier alpha value is -2.11. The molecule has 108 valence electrons. The van der Waals surface area contributed by atoms with Gasteiger partial charge in [-0.1, -0.05) is 6.07 Å². The van der Waals surface area contributed by atoms with Crippen molar-refractivity contribution in [2.75, 3.05) is 18.9 Å². The van der Waals surface area contributed by atoms with E-state index in [1.165, 1.54) is 6.07 Å². The molecule has 0 aromatic heterocycles. The number of anilines is 1. The van der Waals surface area contributed by atoms with Crippen molar-refractivity contribution < 1.29 is 9.72 Å². The van der Waals surface area contributed by atoms with E-state index >= 15 is 0 Å². The van der Waals surface area contributed by atoms with Crippen LogP contribution < -0.4 is 5.32 Å². The zero-order chi connectivity index (χ0) is 14.7. The second kappa shape index (κ2) is 5.90. The molecule has 6 nitrogen and oxygen atoms in total. The number of amides is 1. The van der Waals surface area contributed by atoms with Crippen molar-refractivity contribution in [2.45, 2.75) is 32.2 Å². The van der Waals surface area contributed by atoms with Crippen molar-refractivity contribution in [2.24, 2.45) is 0 Å². The van der Waals surface area contributed by atoms with Gasteiger partial charge in [0.2, 0.25) is 0 Å². The van der Waals surface area contributed by atoms with Gasteiger partial charge in [-0.05, 0) is 32.3 Å². The Labute approximate surface area is 117 Å². The first kappa shape index (κ1) is 14.3. The lowest BCUT2D eigenvalue weighted by Crippen LogP contribution is -2.42. The van der Waals surface area contributed by atoms with Crippen LogP contribution in [-0.4, -0.2) is 35.4 Å². The third-order valence-corrected chi connectivity index (χ3v) is 3.78. The number of piperidine rings is 1. The molecule has 0 bridgehead atoms. The highest BCUT2D eigenvalue weighted by atomic mass is 16.6. The highest BCUT2D eigenvalue weighted by Crippen LogP contribution is 2.30. The summed E-state index contributed by atoms with van der Waals surface area (Å²) in [5.41, 5.74) is 0.596. The summed E-state index contributed by atoms with van der Waals surface area (Å²) in [6.45, 7) is 2.74. The predicted octanol–water partition coefficient (Wildman–Crippen LogP) is 2.65. The first-order valence-electron chi connectivity index (χ1n) is 6.82. The smallest absolute Gasteiger partial charge is 0.293 e. The normalized spacial score (nSPS) is 18.7. The second-order valence-electron chi connectivity index (χ2n) is 5.05. The number of carbonyl (C=O) groups excluding carboxylic acids is 1. The van der Waals surface area contributed by atoms with Crippen molar-refractivity contribution in [3.8, 4) is 0 Å². The number of benzene rings is 1. The molecule has 2 rings (SSSR count). The van der Waals surface area contributed by atoms with E-state index in [1.54, 1.807) is 19.2 Å². The number of rotatable bonds is 3. The zero-order valence-corrected chi connectivity index (χ0v) is 11.8. The molecular formula is C14H19N3O3. The summed E-state index contributed by atoms with van der Waals surface area (Å²) in [6.07, 6.45) is 3.09. The number of likely N-dealkylation sites (tertiary alicyclic amines) is 1. The molecule has 1 aromatic carbocycles. The van der Waals surface area contributed by atoms with Crippen molar-refractivity contribution in [1.29, 1.82) is 0 Å². The number of para-hydroxylation sites is 1. The van der Waals surface area contributed by atoms with Crippen LogP contribution >= 0.6 is 0 Å². The molecule has 1 atom stereocenters. The standard InChI is InChI=1S/C14H19N3O3/c1-10-6-3-4-9-16(10)14(18)11-7-5-8-12(17(19)20)13(11)15-2/h5,7-8,10,15H,3-4,6,9H2,1-2H3. The topological polar surface area (TPSA) is 75.5 Å². The Bertz CT molecular complexity index is 530. The van der Waals surface area contributed by atoms with Crippen molar-refractivity contribution in [1.82, 2.24) is 4.90 Å². The van der Waals surface area contributed by atoms with Gasteiger partial charge in [-0.2, -0.15) is 0 Å². The van der Waals surface area contributed by atoms with Crippen LogP contribution in [0.3, 0.4) is 0 Å². The Morgan fingerprint density at radius 1 is 1.45 bits per heavy atom. The fraction of sp³-hybridized carbons (Fsp3) is 0.500. The van der Waals surface area contributed by atoms with Gasteiger partial charge in [0, 0.05) is 25.7 Å². The molecule has 20 heavy (non-hydrogen) atoms. The Morgan fingerprint density at radius 3 is 2.80 bits per heavy atom. The quantitative estimate of drug-likeness (QED) is 0.680. The van der Waals surface area contributed by atoms with Gasteiger partial charge in [-0.25, -0.2) is 0 Å². The summed E-state index contributed by atoms with van der Waals surface area (Å²) >= 11 is 0. The van der Waals surface area contributed by atoms with Crippen molar-refractivity contribution in [3.05, 3.63) is 33.9 Å². The number of hydrogen-bond donors (Lipinski definition) is 1. The molecule has 0 saturated carbocycles. The molecular weight excluding hydrogens is 258 g/mol. The molecule has 0 spiro atoms. The SMILES string of the molecule is CNc1c(C(=O)N2CCCCC2C)cccc1[N+](=O)[O-]. The number of nitro benzene ring substituents is 1. The summed E-state index contributed by atoms with van der Waals surface area (Å²) < 4.78 is 0. The maximum atomic E-state index is 12.6. The number of nitrogens with one attached hydrogen (secondary N) is 1. The van der Waals surface area contributed by atoms with Gasteiger partial charge in [0.15, 0.2) is 0 Å². The van der Waals surface area contributed by atoms with Gasteiger partial charge in [0.05, 0.1) is 10.5 Å². The second-order valence-corrected chi connectivity index (χ2v) is 5.05. The summed E-state index contributed by atoms with van der Waals surface area (Å²) in [4.78, 5) is 25.0. The lowest BCUT2D eigenvalue weighted by molar-refractivity contribution is -0.384. The molecule has 1 aliphatic heterocycles. The van der Waals surface area contributed by atoms with Gasteiger partial charge in [-0.15, -0.1) is 0 Å². The van der Waals surface area contributed by atoms with E-state index < -0.39 is 4.92 Å². The van der Waals surface area contributed by atoms with Gasteiger partial charge in [0.25, 0.3) is 11.6 Å². The highest BCUT2D eigenvalue weighted by molar-refractivity contribution is 6.01. The van der Waals surface area contributed by atoms with Crippen LogP contribution in [-0.2, 0) is 0 Å². The summed E-state index contributed by atoms with van der Waals surface area (Å²) in [6, 6.07) is 4.78. The molecule has 1 N–H and O–H groups in total. The van der Waals surface area contributed by atoms with E-state index in [1.807, 2.05) is 11.8 Å². The first-order valence-corrected chi connectivity index (χ1v) is 6.82. The van der Waals surface area contributed by atoms with Gasteiger partial charge >= 0.3 is 0 Å². The van der Waals surface area contributed by atoms with E-state index in [0.717, 1.165) is 19.3 Å². The van der Waals surface area contributed by atoms with E-state index in [4.69, 9.17) is 0 Å². The van der Waals surface area contributed by atoms with Crippen molar-refractivity contribution >= 4 is 17.3 Å². The van der Waals surface area contributed by atoms with E-state index in [-0.39, 0.29) is 17.6 Å². The maximum absolute atomic E-state index is 12.6. The van der Waals surface area contributed by atoms with Crippen LogP contribution in [0, 0.1) is 10.1 Å². The van der Waals surface area contributed by atoms with Gasteiger partial charge < -0.3 is 10.2 Å². The number of carbonyl (C=O) groups is 1. The fourth-order valence-corrected chi connectivity index (χ4v) is 2.69. The predicted molar refractivity (Wildman–Crippen MR) is 77.0 cm³/mol. The Kier molecular flexibility index (Phi) is 4.22. The zero-order valence-electron chi connectivity index (χ0n) is 11.8. The summed E-state index contributed by atoms with van der Waals surface area (Å²) in [5, 5.41) is 13.8. The van der Waals surface area contributed by atoms with E-state index in [2.05, 4.69) is 5.32 Å². The van der Waals surface area contributed by atoms with Crippen molar-refractivity contribution in [3.63, 3.8) is 0 Å². The number of hydrogen-bond acceptors (Lipinski definition) is 4. The number of nitrogens with zero attached hydrogens (tertiary/aromatic N) is 2.